The van der Waals surface area contributed by atoms with E-state index in [0.717, 1.165) is 5.56 Å². The molecule has 2 aromatic carbocycles. The maximum absolute atomic E-state index is 5.29. The van der Waals surface area contributed by atoms with Crippen LogP contribution in [-0.4, -0.2) is 6.21 Å². The van der Waals surface area contributed by atoms with Crippen molar-refractivity contribution >= 4 is 6.21 Å². The molecule has 0 atom stereocenters. The monoisotopic (exact) mass is 251 g/mol. The molecule has 0 heterocycles. The normalized spacial score (nSPS) is 14.7. The molecular weight excluding hydrogens is 234 g/mol. The van der Waals surface area contributed by atoms with Crippen LogP contribution in [0.5, 0.6) is 0 Å². The van der Waals surface area contributed by atoms with E-state index in [-0.39, 0.29) is 0 Å². The fourth-order valence-corrected chi connectivity index (χ4v) is 1.91. The molecule has 96 valence electrons. The molecule has 0 aliphatic heterocycles. The van der Waals surface area contributed by atoms with E-state index in [2.05, 4.69) is 53.7 Å². The highest BCUT2D eigenvalue weighted by molar-refractivity contribution is 5.63. The van der Waals surface area contributed by atoms with Crippen LogP contribution in [0.2, 0.25) is 0 Å². The van der Waals surface area contributed by atoms with Gasteiger partial charge < -0.3 is 4.84 Å². The van der Waals surface area contributed by atoms with Crippen LogP contribution in [0.1, 0.15) is 18.4 Å². The SMILES string of the molecule is C(=NOCc1ccc(-c2ccccc2)cc1)C1CC1. The van der Waals surface area contributed by atoms with Gasteiger partial charge in [0.2, 0.25) is 0 Å². The minimum atomic E-state index is 0.540. The zero-order valence-electron chi connectivity index (χ0n) is 10.8. The molecule has 0 amide bonds. The van der Waals surface area contributed by atoms with Gasteiger partial charge in [0.05, 0.1) is 0 Å². The molecule has 0 bridgehead atoms. The predicted octanol–water partition coefficient (Wildman–Crippen LogP) is 4.27. The highest BCUT2D eigenvalue weighted by Crippen LogP contribution is 2.26. The number of hydrogen-bond acceptors (Lipinski definition) is 2. The third-order valence-electron chi connectivity index (χ3n) is 3.26. The first kappa shape index (κ1) is 12.0. The van der Waals surface area contributed by atoms with Gasteiger partial charge in [0.25, 0.3) is 0 Å². The molecule has 2 aromatic rings. The molecule has 2 nitrogen and oxygen atoms in total. The van der Waals surface area contributed by atoms with Crippen LogP contribution in [0.4, 0.5) is 0 Å². The zero-order chi connectivity index (χ0) is 12.9. The Morgan fingerprint density at radius 2 is 1.63 bits per heavy atom. The Morgan fingerprint density at radius 1 is 0.947 bits per heavy atom. The highest BCUT2D eigenvalue weighted by atomic mass is 16.6. The van der Waals surface area contributed by atoms with Gasteiger partial charge in [-0.25, -0.2) is 0 Å². The Hall–Kier alpha value is -2.09. The number of oxime groups is 1. The summed E-state index contributed by atoms with van der Waals surface area (Å²) >= 11 is 0. The van der Waals surface area contributed by atoms with Crippen LogP contribution in [-0.2, 0) is 11.4 Å². The molecule has 0 N–H and O–H groups in total. The van der Waals surface area contributed by atoms with Crippen molar-refractivity contribution in [3.05, 3.63) is 60.2 Å². The van der Waals surface area contributed by atoms with E-state index in [0.29, 0.717) is 12.5 Å². The lowest BCUT2D eigenvalue weighted by Crippen LogP contribution is -1.88. The summed E-state index contributed by atoms with van der Waals surface area (Å²) in [6.07, 6.45) is 4.44. The van der Waals surface area contributed by atoms with Crippen LogP contribution in [0.25, 0.3) is 11.1 Å². The molecule has 1 fully saturated rings. The van der Waals surface area contributed by atoms with Gasteiger partial charge in [0.15, 0.2) is 0 Å². The first-order chi connectivity index (χ1) is 9.42. The predicted molar refractivity (Wildman–Crippen MR) is 77.9 cm³/mol. The molecule has 0 aromatic heterocycles. The number of hydrogen-bond donors (Lipinski definition) is 0. The van der Waals surface area contributed by atoms with Crippen LogP contribution in [0, 0.1) is 5.92 Å². The summed E-state index contributed by atoms with van der Waals surface area (Å²) in [5, 5.41) is 3.98. The summed E-state index contributed by atoms with van der Waals surface area (Å²) in [6, 6.07) is 18.8. The molecule has 1 aliphatic carbocycles. The average Bonchev–Trinajstić information content (AvgIpc) is 3.29. The maximum Gasteiger partial charge on any atom is 0.142 e. The molecule has 1 aliphatic rings. The van der Waals surface area contributed by atoms with Crippen molar-refractivity contribution in [3.8, 4) is 11.1 Å². The third-order valence-corrected chi connectivity index (χ3v) is 3.26. The van der Waals surface area contributed by atoms with E-state index in [1.54, 1.807) is 0 Å². The van der Waals surface area contributed by atoms with Gasteiger partial charge in [-0.3, -0.25) is 0 Å². The Labute approximate surface area is 113 Å². The van der Waals surface area contributed by atoms with E-state index < -0.39 is 0 Å². The van der Waals surface area contributed by atoms with E-state index in [1.165, 1.54) is 24.0 Å². The van der Waals surface area contributed by atoms with Gasteiger partial charge in [0, 0.05) is 6.21 Å². The smallest absolute Gasteiger partial charge is 0.142 e. The van der Waals surface area contributed by atoms with Crippen molar-refractivity contribution in [1.82, 2.24) is 0 Å². The minimum absolute atomic E-state index is 0.540. The summed E-state index contributed by atoms with van der Waals surface area (Å²) < 4.78 is 0. The summed E-state index contributed by atoms with van der Waals surface area (Å²) in [5.41, 5.74) is 3.61. The van der Waals surface area contributed by atoms with Crippen molar-refractivity contribution in [3.63, 3.8) is 0 Å². The molecule has 19 heavy (non-hydrogen) atoms. The summed E-state index contributed by atoms with van der Waals surface area (Å²) in [7, 11) is 0. The fourth-order valence-electron chi connectivity index (χ4n) is 1.91. The molecule has 0 unspecified atom stereocenters. The van der Waals surface area contributed by atoms with Gasteiger partial charge in [-0.2, -0.15) is 0 Å². The lowest BCUT2D eigenvalue weighted by molar-refractivity contribution is 0.131. The van der Waals surface area contributed by atoms with E-state index in [4.69, 9.17) is 4.84 Å². The Balaban J connectivity index is 1.59. The van der Waals surface area contributed by atoms with Gasteiger partial charge in [-0.05, 0) is 35.4 Å². The number of nitrogens with zero attached hydrogens (tertiary/aromatic N) is 1. The van der Waals surface area contributed by atoms with Crippen molar-refractivity contribution in [2.45, 2.75) is 19.4 Å². The largest absolute Gasteiger partial charge is 0.391 e. The lowest BCUT2D eigenvalue weighted by Gasteiger charge is -2.03. The molecule has 2 heteroatoms. The third kappa shape index (κ3) is 3.44. The van der Waals surface area contributed by atoms with Gasteiger partial charge in [-0.1, -0.05) is 59.8 Å². The average molecular weight is 251 g/mol. The van der Waals surface area contributed by atoms with Crippen LogP contribution >= 0.6 is 0 Å². The summed E-state index contributed by atoms with van der Waals surface area (Å²) in [4.78, 5) is 5.29. The molecule has 0 spiro atoms. The summed E-state index contributed by atoms with van der Waals surface area (Å²) in [5.74, 6) is 0.667. The standard InChI is InChI=1S/C17H17NO/c1-2-4-16(5-3-1)17-10-8-15(9-11-17)13-19-18-12-14-6-7-14/h1-5,8-12,14H,6-7,13H2. The Bertz CT molecular complexity index is 541. The van der Waals surface area contributed by atoms with Gasteiger partial charge in [-0.15, -0.1) is 0 Å². The maximum atomic E-state index is 5.29. The molecule has 1 saturated carbocycles. The van der Waals surface area contributed by atoms with Gasteiger partial charge in [0.1, 0.15) is 6.61 Å². The van der Waals surface area contributed by atoms with Crippen LogP contribution in [0.15, 0.2) is 59.8 Å². The Morgan fingerprint density at radius 3 is 2.32 bits per heavy atom. The van der Waals surface area contributed by atoms with Crippen LogP contribution < -0.4 is 0 Å². The number of rotatable bonds is 5. The van der Waals surface area contributed by atoms with Crippen molar-refractivity contribution < 1.29 is 4.84 Å². The van der Waals surface area contributed by atoms with Crippen molar-refractivity contribution in [2.75, 3.05) is 0 Å². The first-order valence-electron chi connectivity index (χ1n) is 6.71. The topological polar surface area (TPSA) is 21.6 Å². The fraction of sp³-hybridized carbons (Fsp3) is 0.235. The summed E-state index contributed by atoms with van der Waals surface area (Å²) in [6.45, 7) is 0.540. The second kappa shape index (κ2) is 5.70. The van der Waals surface area contributed by atoms with E-state index in [1.807, 2.05) is 12.3 Å². The van der Waals surface area contributed by atoms with E-state index >= 15 is 0 Å². The Kier molecular flexibility index (Phi) is 3.59. The second-order valence-corrected chi connectivity index (χ2v) is 4.93. The molecule has 0 radical (unpaired) electrons. The van der Waals surface area contributed by atoms with E-state index in [9.17, 15) is 0 Å². The lowest BCUT2D eigenvalue weighted by atomic mass is 10.0. The highest BCUT2D eigenvalue weighted by Gasteiger charge is 2.18. The van der Waals surface area contributed by atoms with Crippen molar-refractivity contribution in [1.29, 1.82) is 0 Å². The molecule has 3 rings (SSSR count). The minimum Gasteiger partial charge on any atom is -0.391 e. The zero-order valence-corrected chi connectivity index (χ0v) is 10.8. The quantitative estimate of drug-likeness (QED) is 0.574. The number of benzene rings is 2. The first-order valence-corrected chi connectivity index (χ1v) is 6.71. The van der Waals surface area contributed by atoms with Crippen molar-refractivity contribution in [2.24, 2.45) is 11.1 Å². The second-order valence-electron chi connectivity index (χ2n) is 4.93. The van der Waals surface area contributed by atoms with Crippen LogP contribution in [0.3, 0.4) is 0 Å². The molecule has 0 saturated heterocycles. The van der Waals surface area contributed by atoms with Gasteiger partial charge >= 0.3 is 0 Å². The molecular formula is C17H17NO.